The molecule has 178 valence electrons. The Hall–Kier alpha value is -3.59. The lowest BCUT2D eigenvalue weighted by atomic mass is 10.1. The molecule has 1 amide bonds. The Balaban J connectivity index is 0.000000569. The second-order valence-electron chi connectivity index (χ2n) is 7.43. The fraction of sp³-hybridized carbons (Fsp3) is 0.375. The van der Waals surface area contributed by atoms with Crippen molar-refractivity contribution < 1.29 is 34.1 Å². The number of piperazine rings is 1. The lowest BCUT2D eigenvalue weighted by Gasteiger charge is -2.34. The van der Waals surface area contributed by atoms with Crippen molar-refractivity contribution in [2.75, 3.05) is 46.9 Å². The number of aliphatic carboxylic acids is 2. The predicted octanol–water partition coefficient (Wildman–Crippen LogP) is 2.25. The number of hydrogen-bond donors (Lipinski definition) is 2. The Morgan fingerprint density at radius 3 is 1.88 bits per heavy atom. The van der Waals surface area contributed by atoms with Gasteiger partial charge in [-0.1, -0.05) is 30.3 Å². The van der Waals surface area contributed by atoms with Crippen molar-refractivity contribution in [2.45, 2.75) is 12.8 Å². The summed E-state index contributed by atoms with van der Waals surface area (Å²) < 4.78 is 10.5. The van der Waals surface area contributed by atoms with Gasteiger partial charge >= 0.3 is 11.9 Å². The topological polar surface area (TPSA) is 117 Å². The molecule has 1 fully saturated rings. The molecule has 1 aliphatic rings. The second kappa shape index (κ2) is 13.1. The Morgan fingerprint density at radius 2 is 1.39 bits per heavy atom. The number of hydrogen-bond acceptors (Lipinski definition) is 6. The minimum atomic E-state index is -1.82. The van der Waals surface area contributed by atoms with Crippen molar-refractivity contribution in [2.24, 2.45) is 0 Å². The SMILES string of the molecule is COc1cc(OC)cc(C(=O)N2CCN(CCCc3ccccc3)CC2)c1.O=C(O)C(=O)O. The van der Waals surface area contributed by atoms with E-state index < -0.39 is 11.9 Å². The van der Waals surface area contributed by atoms with Crippen LogP contribution in [0.3, 0.4) is 0 Å². The summed E-state index contributed by atoms with van der Waals surface area (Å²) in [5.41, 5.74) is 2.00. The maximum Gasteiger partial charge on any atom is 0.414 e. The molecule has 2 aromatic carbocycles. The average molecular weight is 459 g/mol. The van der Waals surface area contributed by atoms with Crippen LogP contribution < -0.4 is 9.47 Å². The lowest BCUT2D eigenvalue weighted by Crippen LogP contribution is -2.48. The van der Waals surface area contributed by atoms with E-state index >= 15 is 0 Å². The molecule has 9 heteroatoms. The number of nitrogens with zero attached hydrogens (tertiary/aromatic N) is 2. The number of carbonyl (C=O) groups excluding carboxylic acids is 1. The quantitative estimate of drug-likeness (QED) is 0.607. The minimum absolute atomic E-state index is 0.0381. The number of amides is 1. The monoisotopic (exact) mass is 458 g/mol. The molecule has 2 N–H and O–H groups in total. The first-order chi connectivity index (χ1) is 15.8. The van der Waals surface area contributed by atoms with Crippen LogP contribution in [-0.2, 0) is 16.0 Å². The van der Waals surface area contributed by atoms with Crippen LogP contribution >= 0.6 is 0 Å². The van der Waals surface area contributed by atoms with E-state index in [-0.39, 0.29) is 5.91 Å². The third-order valence-corrected chi connectivity index (χ3v) is 5.22. The van der Waals surface area contributed by atoms with Crippen LogP contribution in [0, 0.1) is 0 Å². The molecule has 2 aromatic rings. The number of ether oxygens (including phenoxy) is 2. The highest BCUT2D eigenvalue weighted by molar-refractivity contribution is 6.27. The van der Waals surface area contributed by atoms with Gasteiger partial charge in [0.1, 0.15) is 11.5 Å². The summed E-state index contributed by atoms with van der Waals surface area (Å²) in [5.74, 6) is -2.34. The Kier molecular flexibility index (Phi) is 10.2. The Labute approximate surface area is 193 Å². The number of benzene rings is 2. The van der Waals surface area contributed by atoms with E-state index in [0.717, 1.165) is 45.6 Å². The molecule has 0 radical (unpaired) electrons. The van der Waals surface area contributed by atoms with E-state index in [9.17, 15) is 4.79 Å². The molecule has 1 saturated heterocycles. The van der Waals surface area contributed by atoms with Crippen molar-refractivity contribution in [1.82, 2.24) is 9.80 Å². The van der Waals surface area contributed by atoms with Gasteiger partial charge in [0.05, 0.1) is 14.2 Å². The molecule has 0 unspecified atom stereocenters. The van der Waals surface area contributed by atoms with Crippen LogP contribution in [0.15, 0.2) is 48.5 Å². The molecule has 0 aliphatic carbocycles. The molecule has 0 aromatic heterocycles. The number of carboxylic acid groups (broad SMARTS) is 2. The summed E-state index contributed by atoms with van der Waals surface area (Å²) in [5, 5.41) is 14.8. The van der Waals surface area contributed by atoms with E-state index in [2.05, 4.69) is 35.2 Å². The summed E-state index contributed by atoms with van der Waals surface area (Å²) in [6.07, 6.45) is 2.24. The number of carbonyl (C=O) groups is 3. The van der Waals surface area contributed by atoms with E-state index in [1.54, 1.807) is 32.4 Å². The summed E-state index contributed by atoms with van der Waals surface area (Å²) in [7, 11) is 3.19. The predicted molar refractivity (Wildman–Crippen MR) is 122 cm³/mol. The van der Waals surface area contributed by atoms with Crippen LogP contribution in [0.1, 0.15) is 22.3 Å². The Bertz CT molecular complexity index is 891. The van der Waals surface area contributed by atoms with Crippen LogP contribution in [-0.4, -0.2) is 84.8 Å². The fourth-order valence-electron chi connectivity index (χ4n) is 3.44. The first-order valence-electron chi connectivity index (χ1n) is 10.6. The van der Waals surface area contributed by atoms with Gasteiger partial charge in [-0.05, 0) is 37.1 Å². The normalized spacial score (nSPS) is 13.5. The summed E-state index contributed by atoms with van der Waals surface area (Å²) >= 11 is 0. The smallest absolute Gasteiger partial charge is 0.414 e. The standard InChI is InChI=1S/C22H28N2O3.C2H2O4/c1-26-20-15-19(16-21(17-20)27-2)22(25)24-13-11-23(12-14-24)10-6-9-18-7-4-3-5-8-18;3-1(4)2(5)6/h3-5,7-8,15-17H,6,9-14H2,1-2H3;(H,3,4)(H,5,6). The van der Waals surface area contributed by atoms with Gasteiger partial charge in [0, 0.05) is 37.8 Å². The summed E-state index contributed by atoms with van der Waals surface area (Å²) in [4.78, 5) is 35.4. The van der Waals surface area contributed by atoms with Gasteiger partial charge in [-0.2, -0.15) is 0 Å². The van der Waals surface area contributed by atoms with Gasteiger partial charge < -0.3 is 24.6 Å². The molecule has 0 saturated carbocycles. The number of aryl methyl sites for hydroxylation is 1. The van der Waals surface area contributed by atoms with Gasteiger partial charge in [-0.15, -0.1) is 0 Å². The molecule has 1 heterocycles. The van der Waals surface area contributed by atoms with Gasteiger partial charge in [0.2, 0.25) is 0 Å². The highest BCUT2D eigenvalue weighted by Crippen LogP contribution is 2.23. The van der Waals surface area contributed by atoms with Crippen molar-refractivity contribution in [3.05, 3.63) is 59.7 Å². The summed E-state index contributed by atoms with van der Waals surface area (Å²) in [6.45, 7) is 4.42. The molecule has 0 spiro atoms. The molecule has 33 heavy (non-hydrogen) atoms. The molecule has 0 bridgehead atoms. The molecule has 9 nitrogen and oxygen atoms in total. The first kappa shape index (κ1) is 25.7. The third kappa shape index (κ3) is 8.46. The number of methoxy groups -OCH3 is 2. The van der Waals surface area contributed by atoms with Crippen LogP contribution in [0.4, 0.5) is 0 Å². The first-order valence-corrected chi connectivity index (χ1v) is 10.6. The average Bonchev–Trinajstić information content (AvgIpc) is 2.84. The highest BCUT2D eigenvalue weighted by Gasteiger charge is 2.22. The largest absolute Gasteiger partial charge is 0.497 e. The zero-order chi connectivity index (χ0) is 24.2. The maximum atomic E-state index is 12.8. The Morgan fingerprint density at radius 1 is 0.848 bits per heavy atom. The van der Waals surface area contributed by atoms with Crippen molar-refractivity contribution >= 4 is 17.8 Å². The molecular weight excluding hydrogens is 428 g/mol. The third-order valence-electron chi connectivity index (χ3n) is 5.22. The number of rotatable bonds is 7. The zero-order valence-electron chi connectivity index (χ0n) is 18.9. The molecule has 3 rings (SSSR count). The summed E-state index contributed by atoms with van der Waals surface area (Å²) in [6, 6.07) is 15.9. The van der Waals surface area contributed by atoms with Crippen LogP contribution in [0.5, 0.6) is 11.5 Å². The van der Waals surface area contributed by atoms with E-state index in [4.69, 9.17) is 29.3 Å². The lowest BCUT2D eigenvalue weighted by molar-refractivity contribution is -0.159. The molecule has 0 atom stereocenters. The second-order valence-corrected chi connectivity index (χ2v) is 7.43. The molecule has 1 aliphatic heterocycles. The van der Waals surface area contributed by atoms with Crippen LogP contribution in [0.25, 0.3) is 0 Å². The zero-order valence-corrected chi connectivity index (χ0v) is 18.9. The van der Waals surface area contributed by atoms with Crippen LogP contribution in [0.2, 0.25) is 0 Å². The fourth-order valence-corrected chi connectivity index (χ4v) is 3.44. The highest BCUT2D eigenvalue weighted by atomic mass is 16.5. The minimum Gasteiger partial charge on any atom is -0.497 e. The van der Waals surface area contributed by atoms with E-state index in [1.807, 2.05) is 4.90 Å². The van der Waals surface area contributed by atoms with Gasteiger partial charge in [-0.25, -0.2) is 9.59 Å². The van der Waals surface area contributed by atoms with Crippen molar-refractivity contribution in [1.29, 1.82) is 0 Å². The van der Waals surface area contributed by atoms with E-state index in [0.29, 0.717) is 17.1 Å². The van der Waals surface area contributed by atoms with Crippen molar-refractivity contribution in [3.63, 3.8) is 0 Å². The maximum absolute atomic E-state index is 12.8. The molecular formula is C24H30N2O7. The van der Waals surface area contributed by atoms with Gasteiger partial charge in [-0.3, -0.25) is 9.69 Å². The van der Waals surface area contributed by atoms with E-state index in [1.165, 1.54) is 5.56 Å². The van der Waals surface area contributed by atoms with Gasteiger partial charge in [0.15, 0.2) is 0 Å². The van der Waals surface area contributed by atoms with Gasteiger partial charge in [0.25, 0.3) is 5.91 Å². The van der Waals surface area contributed by atoms with Crippen molar-refractivity contribution in [3.8, 4) is 11.5 Å². The number of carboxylic acids is 2.